The first kappa shape index (κ1) is 10.9. The third kappa shape index (κ3) is 2.08. The summed E-state index contributed by atoms with van der Waals surface area (Å²) >= 11 is 5.81. The Kier molecular flexibility index (Phi) is 2.74. The van der Waals surface area contributed by atoms with Crippen LogP contribution in [0, 0.1) is 0 Å². The second-order valence-corrected chi connectivity index (χ2v) is 3.89. The van der Waals surface area contributed by atoms with E-state index in [-0.39, 0.29) is 0 Å². The molecule has 0 aliphatic carbocycles. The molecular weight excluding hydrogens is 252 g/mol. The first-order valence-electron chi connectivity index (χ1n) is 5.20. The number of rotatable bonds is 2. The average Bonchev–Trinajstić information content (AvgIpc) is 2.89. The minimum absolute atomic E-state index is 0.337. The minimum Gasteiger partial charge on any atom is -0.332 e. The molecule has 0 amide bonds. The molecule has 0 fully saturated rings. The molecule has 18 heavy (non-hydrogen) atoms. The quantitative estimate of drug-likeness (QED) is 0.661. The van der Waals surface area contributed by atoms with Crippen molar-refractivity contribution >= 4 is 11.6 Å². The van der Waals surface area contributed by atoms with Crippen LogP contribution in [0.4, 0.5) is 0 Å². The van der Waals surface area contributed by atoms with Gasteiger partial charge in [-0.25, -0.2) is 4.98 Å². The molecule has 3 aromatic heterocycles. The summed E-state index contributed by atoms with van der Waals surface area (Å²) in [6.07, 6.45) is 3.34. The van der Waals surface area contributed by atoms with Crippen LogP contribution < -0.4 is 0 Å². The molecule has 3 rings (SSSR count). The van der Waals surface area contributed by atoms with Crippen molar-refractivity contribution in [3.05, 3.63) is 47.9 Å². The van der Waals surface area contributed by atoms with E-state index in [0.717, 1.165) is 5.56 Å². The summed E-state index contributed by atoms with van der Waals surface area (Å²) in [6.45, 7) is 0. The fourth-order valence-corrected chi connectivity index (χ4v) is 1.64. The molecule has 0 N–H and O–H groups in total. The van der Waals surface area contributed by atoms with Gasteiger partial charge in [0.25, 0.3) is 5.89 Å². The third-order valence-corrected chi connectivity index (χ3v) is 2.51. The van der Waals surface area contributed by atoms with Crippen molar-refractivity contribution in [3.63, 3.8) is 0 Å². The van der Waals surface area contributed by atoms with Crippen molar-refractivity contribution < 1.29 is 4.52 Å². The van der Waals surface area contributed by atoms with E-state index < -0.39 is 0 Å². The Hall–Kier alpha value is -2.27. The lowest BCUT2D eigenvalue weighted by Gasteiger charge is -1.93. The first-order chi connectivity index (χ1) is 8.83. The highest BCUT2D eigenvalue weighted by Crippen LogP contribution is 2.21. The molecule has 0 saturated heterocycles. The lowest BCUT2D eigenvalue weighted by Crippen LogP contribution is -1.84. The van der Waals surface area contributed by atoms with E-state index in [9.17, 15) is 0 Å². The van der Waals surface area contributed by atoms with Gasteiger partial charge in [-0.2, -0.15) is 4.98 Å². The monoisotopic (exact) mass is 258 g/mol. The summed E-state index contributed by atoms with van der Waals surface area (Å²) in [6, 6.07) is 8.84. The van der Waals surface area contributed by atoms with Gasteiger partial charge in [-0.3, -0.25) is 4.98 Å². The summed E-state index contributed by atoms with van der Waals surface area (Å²) in [5.74, 6) is 0.832. The summed E-state index contributed by atoms with van der Waals surface area (Å²) < 4.78 is 5.16. The number of hydrogen-bond acceptors (Lipinski definition) is 5. The Bertz CT molecular complexity index is 669. The molecule has 0 bridgehead atoms. The second-order valence-electron chi connectivity index (χ2n) is 3.50. The van der Waals surface area contributed by atoms with E-state index >= 15 is 0 Å². The molecule has 5 nitrogen and oxygen atoms in total. The topological polar surface area (TPSA) is 64.7 Å². The van der Waals surface area contributed by atoms with Crippen LogP contribution in [0.2, 0.25) is 5.15 Å². The van der Waals surface area contributed by atoms with Gasteiger partial charge in [-0.05, 0) is 24.3 Å². The number of nitrogens with zero attached hydrogens (tertiary/aromatic N) is 4. The normalized spacial score (nSPS) is 10.5. The van der Waals surface area contributed by atoms with E-state index in [2.05, 4.69) is 20.1 Å². The predicted molar refractivity (Wildman–Crippen MR) is 65.8 cm³/mol. The predicted octanol–water partition coefficient (Wildman–Crippen LogP) is 2.85. The third-order valence-electron chi connectivity index (χ3n) is 2.30. The molecule has 0 spiro atoms. The van der Waals surface area contributed by atoms with Gasteiger partial charge in [0.05, 0.1) is 0 Å². The van der Waals surface area contributed by atoms with Gasteiger partial charge in [0.2, 0.25) is 5.82 Å². The van der Waals surface area contributed by atoms with Crippen LogP contribution in [-0.4, -0.2) is 20.1 Å². The van der Waals surface area contributed by atoms with Gasteiger partial charge in [-0.1, -0.05) is 22.8 Å². The highest BCUT2D eigenvalue weighted by atomic mass is 35.5. The minimum atomic E-state index is 0.337. The summed E-state index contributed by atoms with van der Waals surface area (Å²) in [5.41, 5.74) is 1.39. The zero-order valence-electron chi connectivity index (χ0n) is 9.12. The largest absolute Gasteiger partial charge is 0.332 e. The zero-order chi connectivity index (χ0) is 12.4. The smallest absolute Gasteiger partial charge is 0.276 e. The summed E-state index contributed by atoms with van der Waals surface area (Å²) in [7, 11) is 0. The fourth-order valence-electron chi connectivity index (χ4n) is 1.47. The number of aromatic nitrogens is 4. The maximum atomic E-state index is 5.81. The van der Waals surface area contributed by atoms with E-state index in [1.807, 2.05) is 0 Å². The first-order valence-corrected chi connectivity index (χ1v) is 5.58. The lowest BCUT2D eigenvalue weighted by molar-refractivity contribution is 0.431. The molecule has 3 aromatic rings. The van der Waals surface area contributed by atoms with Crippen molar-refractivity contribution in [2.45, 2.75) is 0 Å². The molecule has 0 aliphatic heterocycles. The molecule has 6 heteroatoms. The van der Waals surface area contributed by atoms with Crippen LogP contribution in [-0.2, 0) is 0 Å². The molecule has 0 aliphatic rings. The molecule has 0 radical (unpaired) electrons. The number of pyridine rings is 2. The highest BCUT2D eigenvalue weighted by molar-refractivity contribution is 6.29. The Morgan fingerprint density at radius 2 is 1.83 bits per heavy atom. The molecular formula is C12H7ClN4O. The van der Waals surface area contributed by atoms with Crippen LogP contribution >= 0.6 is 11.6 Å². The van der Waals surface area contributed by atoms with Crippen LogP contribution in [0.25, 0.3) is 23.0 Å². The van der Waals surface area contributed by atoms with E-state index in [1.54, 1.807) is 42.7 Å². The van der Waals surface area contributed by atoms with E-state index in [4.69, 9.17) is 16.1 Å². The van der Waals surface area contributed by atoms with Crippen LogP contribution in [0.1, 0.15) is 0 Å². The lowest BCUT2D eigenvalue weighted by atomic mass is 10.2. The number of hydrogen-bond donors (Lipinski definition) is 0. The maximum Gasteiger partial charge on any atom is 0.276 e. The summed E-state index contributed by atoms with van der Waals surface area (Å²) in [4.78, 5) is 12.3. The molecule has 3 heterocycles. The second kappa shape index (κ2) is 4.54. The molecule has 0 aromatic carbocycles. The van der Waals surface area contributed by atoms with Crippen molar-refractivity contribution in [1.29, 1.82) is 0 Å². The average molecular weight is 259 g/mol. The molecule has 88 valence electrons. The highest BCUT2D eigenvalue weighted by Gasteiger charge is 2.11. The Morgan fingerprint density at radius 1 is 1.00 bits per heavy atom. The van der Waals surface area contributed by atoms with Gasteiger partial charge in [-0.15, -0.1) is 0 Å². The Morgan fingerprint density at radius 3 is 2.61 bits per heavy atom. The maximum absolute atomic E-state index is 5.81. The van der Waals surface area contributed by atoms with Gasteiger partial charge in [0.1, 0.15) is 10.8 Å². The van der Waals surface area contributed by atoms with Gasteiger partial charge in [0, 0.05) is 18.0 Å². The SMILES string of the molecule is Clc1cccc(-c2nc(-c3ccncc3)no2)n1. The van der Waals surface area contributed by atoms with Crippen molar-refractivity contribution in [3.8, 4) is 23.0 Å². The van der Waals surface area contributed by atoms with Crippen molar-refractivity contribution in [2.24, 2.45) is 0 Å². The van der Waals surface area contributed by atoms with Gasteiger partial charge < -0.3 is 4.52 Å². The van der Waals surface area contributed by atoms with E-state index in [1.165, 1.54) is 0 Å². The zero-order valence-corrected chi connectivity index (χ0v) is 9.87. The Balaban J connectivity index is 2.00. The van der Waals surface area contributed by atoms with Gasteiger partial charge in [0.15, 0.2) is 0 Å². The summed E-state index contributed by atoms with van der Waals surface area (Å²) in [5, 5.41) is 4.28. The van der Waals surface area contributed by atoms with E-state index in [0.29, 0.717) is 22.6 Å². The molecule has 0 unspecified atom stereocenters. The molecule has 0 atom stereocenters. The van der Waals surface area contributed by atoms with Crippen LogP contribution in [0.15, 0.2) is 47.2 Å². The van der Waals surface area contributed by atoms with Crippen LogP contribution in [0.5, 0.6) is 0 Å². The molecule has 0 saturated carbocycles. The van der Waals surface area contributed by atoms with Gasteiger partial charge >= 0.3 is 0 Å². The van der Waals surface area contributed by atoms with Crippen molar-refractivity contribution in [1.82, 2.24) is 20.1 Å². The Labute approximate surface area is 107 Å². The van der Waals surface area contributed by atoms with Crippen molar-refractivity contribution in [2.75, 3.05) is 0 Å². The number of halogens is 1. The standard InChI is InChI=1S/C12H7ClN4O/c13-10-3-1-2-9(15-10)12-16-11(17-18-12)8-4-6-14-7-5-8/h1-7H. The fraction of sp³-hybridized carbons (Fsp3) is 0. The van der Waals surface area contributed by atoms with Crippen LogP contribution in [0.3, 0.4) is 0 Å².